The zero-order chi connectivity index (χ0) is 15.2. The molecule has 3 heterocycles. The highest BCUT2D eigenvalue weighted by Gasteiger charge is 2.35. The molecule has 114 valence electrons. The van der Waals surface area contributed by atoms with Crippen LogP contribution in [0.1, 0.15) is 30.4 Å². The summed E-state index contributed by atoms with van der Waals surface area (Å²) in [6.07, 6.45) is 0.600. The van der Waals surface area contributed by atoms with Crippen LogP contribution in [0.5, 0.6) is 0 Å². The summed E-state index contributed by atoms with van der Waals surface area (Å²) in [6, 6.07) is 0. The standard InChI is InChI=1S/C12H17N5O3S/c1-4-5-21(18,19)17-6-9-10(7-17)16(3)14-11(9)12-13-8(2)15-20-12/h4-7H2,1-3H3. The first-order valence-corrected chi connectivity index (χ1v) is 8.36. The number of hydrogen-bond acceptors (Lipinski definition) is 6. The maximum absolute atomic E-state index is 12.2. The lowest BCUT2D eigenvalue weighted by Crippen LogP contribution is -2.28. The van der Waals surface area contributed by atoms with Crippen LogP contribution in [-0.4, -0.2) is 38.4 Å². The summed E-state index contributed by atoms with van der Waals surface area (Å²) in [5.41, 5.74) is 2.30. The molecule has 1 aliphatic heterocycles. The van der Waals surface area contributed by atoms with Gasteiger partial charge in [-0.1, -0.05) is 12.1 Å². The third-order valence-corrected chi connectivity index (χ3v) is 5.49. The Labute approximate surface area is 122 Å². The topological polar surface area (TPSA) is 94.1 Å². The van der Waals surface area contributed by atoms with Crippen molar-refractivity contribution in [2.75, 3.05) is 5.75 Å². The highest BCUT2D eigenvalue weighted by atomic mass is 32.2. The number of fused-ring (bicyclic) bond motifs is 1. The van der Waals surface area contributed by atoms with E-state index in [1.165, 1.54) is 4.31 Å². The lowest BCUT2D eigenvalue weighted by Gasteiger charge is -2.15. The van der Waals surface area contributed by atoms with Crippen LogP contribution >= 0.6 is 0 Å². The van der Waals surface area contributed by atoms with Gasteiger partial charge >= 0.3 is 0 Å². The number of sulfonamides is 1. The van der Waals surface area contributed by atoms with Gasteiger partial charge in [0.1, 0.15) is 0 Å². The number of nitrogens with zero attached hydrogens (tertiary/aromatic N) is 5. The fraction of sp³-hybridized carbons (Fsp3) is 0.583. The molecule has 2 aromatic rings. The Kier molecular flexibility index (Phi) is 3.33. The van der Waals surface area contributed by atoms with E-state index < -0.39 is 10.0 Å². The van der Waals surface area contributed by atoms with Crippen molar-refractivity contribution in [3.63, 3.8) is 0 Å². The summed E-state index contributed by atoms with van der Waals surface area (Å²) in [5.74, 6) is 1.01. The van der Waals surface area contributed by atoms with E-state index in [0.717, 1.165) is 11.3 Å². The monoisotopic (exact) mass is 311 g/mol. The second kappa shape index (κ2) is 4.92. The minimum absolute atomic E-state index is 0.156. The first-order chi connectivity index (χ1) is 9.92. The van der Waals surface area contributed by atoms with Gasteiger partial charge in [-0.25, -0.2) is 8.42 Å². The number of aryl methyl sites for hydroxylation is 2. The number of hydrogen-bond donors (Lipinski definition) is 0. The molecular formula is C12H17N5O3S. The molecular weight excluding hydrogens is 294 g/mol. The molecule has 0 spiro atoms. The molecule has 0 N–H and O–H groups in total. The van der Waals surface area contributed by atoms with Crippen LogP contribution in [0.3, 0.4) is 0 Å². The van der Waals surface area contributed by atoms with E-state index >= 15 is 0 Å². The van der Waals surface area contributed by atoms with Crippen LogP contribution in [0.25, 0.3) is 11.6 Å². The van der Waals surface area contributed by atoms with Crippen molar-refractivity contribution in [1.82, 2.24) is 24.2 Å². The van der Waals surface area contributed by atoms with Crippen LogP contribution < -0.4 is 0 Å². The van der Waals surface area contributed by atoms with Crippen molar-refractivity contribution >= 4 is 10.0 Å². The second-order valence-corrected chi connectivity index (χ2v) is 7.22. The largest absolute Gasteiger partial charge is 0.332 e. The molecule has 9 heteroatoms. The van der Waals surface area contributed by atoms with Gasteiger partial charge in [-0.2, -0.15) is 14.4 Å². The molecule has 0 amide bonds. The van der Waals surface area contributed by atoms with E-state index in [1.807, 2.05) is 6.92 Å². The highest BCUT2D eigenvalue weighted by Crippen LogP contribution is 2.32. The summed E-state index contributed by atoms with van der Waals surface area (Å²) in [6.45, 7) is 4.24. The fourth-order valence-electron chi connectivity index (χ4n) is 2.51. The predicted octanol–water partition coefficient (Wildman–Crippen LogP) is 0.834. The SMILES string of the molecule is CCCS(=O)(=O)N1Cc2c(-c3nc(C)no3)nn(C)c2C1. The predicted molar refractivity (Wildman–Crippen MR) is 74.6 cm³/mol. The van der Waals surface area contributed by atoms with E-state index in [4.69, 9.17) is 4.52 Å². The average molecular weight is 311 g/mol. The first kappa shape index (κ1) is 14.2. The van der Waals surface area contributed by atoms with Gasteiger partial charge in [0.05, 0.1) is 18.0 Å². The smallest absolute Gasteiger partial charge is 0.278 e. The molecule has 0 saturated carbocycles. The summed E-state index contributed by atoms with van der Waals surface area (Å²) in [4.78, 5) is 4.17. The van der Waals surface area contributed by atoms with Crippen molar-refractivity contribution in [1.29, 1.82) is 0 Å². The van der Waals surface area contributed by atoms with Crippen molar-refractivity contribution in [2.45, 2.75) is 33.4 Å². The normalized spacial score (nSPS) is 15.6. The molecule has 1 aliphatic rings. The quantitative estimate of drug-likeness (QED) is 0.830. The molecule has 2 aromatic heterocycles. The lowest BCUT2D eigenvalue weighted by atomic mass is 10.2. The van der Waals surface area contributed by atoms with E-state index in [9.17, 15) is 8.42 Å². The van der Waals surface area contributed by atoms with Gasteiger partial charge < -0.3 is 4.52 Å². The molecule has 21 heavy (non-hydrogen) atoms. The molecule has 0 aliphatic carbocycles. The van der Waals surface area contributed by atoms with Gasteiger partial charge in [0.25, 0.3) is 5.89 Å². The van der Waals surface area contributed by atoms with E-state index in [2.05, 4.69) is 15.2 Å². The Morgan fingerprint density at radius 2 is 2.10 bits per heavy atom. The zero-order valence-electron chi connectivity index (χ0n) is 12.2. The third-order valence-electron chi connectivity index (χ3n) is 3.52. The van der Waals surface area contributed by atoms with Crippen LogP contribution in [0, 0.1) is 6.92 Å². The van der Waals surface area contributed by atoms with Gasteiger partial charge in [0.15, 0.2) is 11.5 Å². The Bertz CT molecular complexity index is 777. The van der Waals surface area contributed by atoms with Gasteiger partial charge in [-0.3, -0.25) is 4.68 Å². The maximum atomic E-state index is 12.2. The van der Waals surface area contributed by atoms with Gasteiger partial charge in [-0.05, 0) is 13.3 Å². The van der Waals surface area contributed by atoms with E-state index in [0.29, 0.717) is 36.9 Å². The second-order valence-electron chi connectivity index (χ2n) is 5.13. The minimum atomic E-state index is -3.23. The van der Waals surface area contributed by atoms with E-state index in [-0.39, 0.29) is 5.75 Å². The lowest BCUT2D eigenvalue weighted by molar-refractivity contribution is 0.413. The molecule has 0 radical (unpaired) electrons. The molecule has 0 aromatic carbocycles. The number of rotatable bonds is 4. The van der Waals surface area contributed by atoms with Crippen molar-refractivity contribution in [3.8, 4) is 11.6 Å². The van der Waals surface area contributed by atoms with Crippen LogP contribution in [0.2, 0.25) is 0 Å². The van der Waals surface area contributed by atoms with Gasteiger partial charge in [0.2, 0.25) is 10.0 Å². The third kappa shape index (κ3) is 2.36. The highest BCUT2D eigenvalue weighted by molar-refractivity contribution is 7.89. The molecule has 0 bridgehead atoms. The molecule has 0 unspecified atom stereocenters. The summed E-state index contributed by atoms with van der Waals surface area (Å²) in [7, 11) is -1.44. The molecule has 0 saturated heterocycles. The molecule has 0 atom stereocenters. The summed E-state index contributed by atoms with van der Waals surface area (Å²) < 4.78 is 32.7. The first-order valence-electron chi connectivity index (χ1n) is 6.75. The van der Waals surface area contributed by atoms with Crippen LogP contribution in [-0.2, 0) is 30.2 Å². The van der Waals surface area contributed by atoms with Crippen molar-refractivity contribution < 1.29 is 12.9 Å². The molecule has 3 rings (SSSR count). The molecule has 0 fully saturated rings. The zero-order valence-corrected chi connectivity index (χ0v) is 13.0. The Morgan fingerprint density at radius 3 is 2.71 bits per heavy atom. The Hall–Kier alpha value is -1.74. The van der Waals surface area contributed by atoms with Gasteiger partial charge in [-0.15, -0.1) is 0 Å². The summed E-state index contributed by atoms with van der Waals surface area (Å²) >= 11 is 0. The van der Waals surface area contributed by atoms with Crippen LogP contribution in [0.15, 0.2) is 4.52 Å². The van der Waals surface area contributed by atoms with E-state index in [1.54, 1.807) is 18.7 Å². The average Bonchev–Trinajstić information content (AvgIpc) is 3.07. The van der Waals surface area contributed by atoms with Gasteiger partial charge in [0, 0.05) is 19.2 Å². The summed E-state index contributed by atoms with van der Waals surface area (Å²) in [5, 5.41) is 8.13. The van der Waals surface area contributed by atoms with Crippen molar-refractivity contribution in [3.05, 3.63) is 17.1 Å². The minimum Gasteiger partial charge on any atom is -0.332 e. The number of aromatic nitrogens is 4. The fourth-order valence-corrected chi connectivity index (χ4v) is 3.93. The molecule has 8 nitrogen and oxygen atoms in total. The van der Waals surface area contributed by atoms with Crippen LogP contribution in [0.4, 0.5) is 0 Å². The Balaban J connectivity index is 1.97. The Morgan fingerprint density at radius 1 is 1.33 bits per heavy atom. The van der Waals surface area contributed by atoms with Crippen molar-refractivity contribution in [2.24, 2.45) is 7.05 Å². The maximum Gasteiger partial charge on any atom is 0.278 e.